The van der Waals surface area contributed by atoms with E-state index in [9.17, 15) is 0 Å². The predicted molar refractivity (Wildman–Crippen MR) is 527 cm³/mol. The highest BCUT2D eigenvalue weighted by atomic mass is 14.9. The van der Waals surface area contributed by atoms with Gasteiger partial charge in [-0.1, -0.05) is 373 Å². The molecule has 0 aliphatic heterocycles. The molecular weight excluding hydrogens is 1540 g/mol. The Kier molecular flexibility index (Phi) is 18.4. The molecule has 0 atom stereocenters. The van der Waals surface area contributed by atoms with Crippen LogP contribution in [0, 0.1) is 0 Å². The van der Waals surface area contributed by atoms with E-state index in [1.165, 1.54) is 127 Å². The number of nitrogens with zero attached hydrogens (tertiary/aromatic N) is 6. The lowest BCUT2D eigenvalue weighted by atomic mass is 9.67. The first-order chi connectivity index (χ1) is 62.4. The minimum atomic E-state index is -0.465. The SMILES string of the molecule is CC1(C)c2cc(-c3ccc4nc(-c5ccccc5)c(-c5ccccc5)nc4c3)ccc2-c2cc3ccccc3cc21.CC1(C)c2cc(-c3ccc4nc(-c5ccccc5)nc(-c5ccccc5)c4c3)ccc2-c2cc3ccccc3cc21.c1ccc(-c2nc3ccccc3nc2-c2ccc3c(c2)-c2cc4ccccc4cc2C3(c2ccccc2)c2ccccc2)cc1. The summed E-state index contributed by atoms with van der Waals surface area (Å²) in [7, 11) is 0. The van der Waals surface area contributed by atoms with Crippen molar-refractivity contribution in [2.75, 3.05) is 0 Å². The van der Waals surface area contributed by atoms with Gasteiger partial charge in [0.1, 0.15) is 0 Å². The fourth-order valence-electron chi connectivity index (χ4n) is 20.2. The smallest absolute Gasteiger partial charge is 0.160 e. The molecule has 3 aromatic heterocycles. The zero-order valence-corrected chi connectivity index (χ0v) is 70.8. The van der Waals surface area contributed by atoms with E-state index in [4.69, 9.17) is 29.9 Å². The predicted octanol–water partition coefficient (Wildman–Crippen LogP) is 30.7. The van der Waals surface area contributed by atoms with Crippen LogP contribution in [0.4, 0.5) is 0 Å². The lowest BCUT2D eigenvalue weighted by Crippen LogP contribution is -2.28. The summed E-state index contributed by atoms with van der Waals surface area (Å²) >= 11 is 0. The van der Waals surface area contributed by atoms with Crippen LogP contribution < -0.4 is 0 Å². The van der Waals surface area contributed by atoms with Crippen LogP contribution in [-0.4, -0.2) is 29.9 Å². The maximum absolute atomic E-state index is 5.24. The summed E-state index contributed by atoms with van der Waals surface area (Å²) in [4.78, 5) is 30.8. The van der Waals surface area contributed by atoms with Gasteiger partial charge in [0.15, 0.2) is 5.82 Å². The monoisotopic (exact) mass is 1620 g/mol. The van der Waals surface area contributed by atoms with Crippen LogP contribution in [0.25, 0.3) is 189 Å². The summed E-state index contributed by atoms with van der Waals surface area (Å²) in [6.07, 6.45) is 0. The molecule has 3 aliphatic rings. The fourth-order valence-corrected chi connectivity index (χ4v) is 20.2. The van der Waals surface area contributed by atoms with Gasteiger partial charge in [-0.2, -0.15) is 0 Å². The molecule has 0 bridgehead atoms. The van der Waals surface area contributed by atoms with E-state index < -0.39 is 5.41 Å². The molecule has 127 heavy (non-hydrogen) atoms. The molecule has 0 saturated carbocycles. The number of hydrogen-bond acceptors (Lipinski definition) is 6. The quantitative estimate of drug-likeness (QED) is 0.136. The molecule has 598 valence electrons. The van der Waals surface area contributed by atoms with E-state index >= 15 is 0 Å². The van der Waals surface area contributed by atoms with E-state index in [-0.39, 0.29) is 10.8 Å². The van der Waals surface area contributed by atoms with Crippen LogP contribution in [0.1, 0.15) is 72.2 Å². The summed E-state index contributed by atoms with van der Waals surface area (Å²) in [6, 6.07) is 156. The first kappa shape index (κ1) is 75.9. The first-order valence-corrected chi connectivity index (χ1v) is 43.8. The molecule has 19 aromatic carbocycles. The van der Waals surface area contributed by atoms with E-state index in [1.807, 2.05) is 66.7 Å². The fraction of sp³-hybridized carbons (Fsp3) is 0.0579. The van der Waals surface area contributed by atoms with Gasteiger partial charge < -0.3 is 0 Å². The van der Waals surface area contributed by atoms with Crippen molar-refractivity contribution in [1.82, 2.24) is 29.9 Å². The largest absolute Gasteiger partial charge is 0.244 e. The van der Waals surface area contributed by atoms with E-state index in [0.717, 1.165) is 106 Å². The second kappa shape index (κ2) is 30.8. The van der Waals surface area contributed by atoms with Gasteiger partial charge in [0.05, 0.1) is 61.5 Å². The van der Waals surface area contributed by atoms with Crippen molar-refractivity contribution in [3.63, 3.8) is 0 Å². The van der Waals surface area contributed by atoms with Crippen molar-refractivity contribution in [2.45, 2.75) is 43.9 Å². The van der Waals surface area contributed by atoms with Crippen molar-refractivity contribution in [2.24, 2.45) is 0 Å². The second-order valence-electron chi connectivity index (χ2n) is 34.7. The second-order valence-corrected chi connectivity index (χ2v) is 34.7. The van der Waals surface area contributed by atoms with Gasteiger partial charge in [-0.15, -0.1) is 0 Å². The number of benzene rings is 19. The Bertz CT molecular complexity index is 8060. The highest BCUT2D eigenvalue weighted by Gasteiger charge is 2.47. The number of hydrogen-bond donors (Lipinski definition) is 0. The molecule has 0 fully saturated rings. The minimum Gasteiger partial charge on any atom is -0.244 e. The van der Waals surface area contributed by atoms with Gasteiger partial charge >= 0.3 is 0 Å². The Hall–Kier alpha value is -16.0. The van der Waals surface area contributed by atoms with Gasteiger partial charge in [0, 0.05) is 49.6 Å². The highest BCUT2D eigenvalue weighted by molar-refractivity contribution is 6.02. The third-order valence-corrected chi connectivity index (χ3v) is 26.6. The number of rotatable bonds is 10. The van der Waals surface area contributed by atoms with Gasteiger partial charge in [-0.25, -0.2) is 29.9 Å². The number of aromatic nitrogens is 6. The van der Waals surface area contributed by atoms with Crippen LogP contribution in [0.3, 0.4) is 0 Å². The zero-order chi connectivity index (χ0) is 84.9. The average molecular weight is 1620 g/mol. The molecule has 6 nitrogen and oxygen atoms in total. The van der Waals surface area contributed by atoms with Crippen LogP contribution in [-0.2, 0) is 16.2 Å². The first-order valence-electron chi connectivity index (χ1n) is 43.8. The third kappa shape index (κ3) is 13.1. The van der Waals surface area contributed by atoms with Gasteiger partial charge in [0.2, 0.25) is 0 Å². The average Bonchev–Trinajstić information content (AvgIpc) is 1.49. The molecule has 25 rings (SSSR count). The van der Waals surface area contributed by atoms with Crippen LogP contribution >= 0.6 is 0 Å². The van der Waals surface area contributed by atoms with Gasteiger partial charge in [-0.3, -0.25) is 0 Å². The maximum Gasteiger partial charge on any atom is 0.160 e. The molecule has 0 spiro atoms. The molecule has 0 saturated heterocycles. The molecule has 0 amide bonds. The van der Waals surface area contributed by atoms with Crippen LogP contribution in [0.15, 0.2) is 437 Å². The highest BCUT2D eigenvalue weighted by Crippen LogP contribution is 2.59. The van der Waals surface area contributed by atoms with Crippen molar-refractivity contribution in [3.05, 3.63) is 481 Å². The molecule has 3 heterocycles. The molecule has 3 aliphatic carbocycles. The van der Waals surface area contributed by atoms with Crippen molar-refractivity contribution in [1.29, 1.82) is 0 Å². The Morgan fingerprint density at radius 3 is 0.921 bits per heavy atom. The van der Waals surface area contributed by atoms with E-state index in [0.29, 0.717) is 0 Å². The summed E-state index contributed by atoms with van der Waals surface area (Å²) in [6.45, 7) is 9.39. The summed E-state index contributed by atoms with van der Waals surface area (Å²) in [5.41, 5.74) is 38.0. The number of para-hydroxylation sites is 2. The lowest BCUT2D eigenvalue weighted by molar-refractivity contribution is 0.661. The van der Waals surface area contributed by atoms with Crippen LogP contribution in [0.5, 0.6) is 0 Å². The summed E-state index contributed by atoms with van der Waals surface area (Å²) < 4.78 is 0. The van der Waals surface area contributed by atoms with Crippen molar-refractivity contribution in [3.8, 4) is 123 Å². The maximum atomic E-state index is 5.24. The molecule has 0 radical (unpaired) electrons. The number of fused-ring (bicyclic) bond motifs is 15. The third-order valence-electron chi connectivity index (χ3n) is 26.6. The van der Waals surface area contributed by atoms with Gasteiger partial charge in [0.25, 0.3) is 0 Å². The molecule has 0 N–H and O–H groups in total. The minimum absolute atomic E-state index is 0.0770. The Labute approximate surface area is 738 Å². The Morgan fingerprint density at radius 1 is 0.165 bits per heavy atom. The standard InChI is InChI=1S/C43H28N2.2C39H28N2/c1-4-14-29(15-5-1)41-42(45-40-23-13-12-22-39(40)44-41)32-24-25-37-35(27-32)36-26-30-16-10-11-17-31(30)28-38(36)43(37,33-18-6-2-7-19-33)34-20-8-3-9-21-34;1-39(2)34-24-30(17-19-31(34)32-21-27-15-9-10-16-28(27)23-35(32)39)29-18-20-36-33(22-29)37(25-11-5-3-6-12-25)41-38(40-36)26-13-7-4-8-14-26;1-39(2)33-23-29(17-19-31(33)32-21-27-15-9-10-16-28(27)22-34(32)39)30-18-20-35-36(24-30)41-38(26-13-7-4-8-14-26)37(40-35)25-11-5-3-6-12-25/h1-28H;2*3-24H,1-2H3. The van der Waals surface area contributed by atoms with E-state index in [1.54, 1.807) is 0 Å². The molecule has 0 unspecified atom stereocenters. The molecular formula is C121H84N6. The Morgan fingerprint density at radius 2 is 0.472 bits per heavy atom. The van der Waals surface area contributed by atoms with Crippen molar-refractivity contribution >= 4 is 65.3 Å². The summed E-state index contributed by atoms with van der Waals surface area (Å²) in [5, 5.41) is 8.71. The van der Waals surface area contributed by atoms with Crippen LogP contribution in [0.2, 0.25) is 0 Å². The lowest BCUT2D eigenvalue weighted by Gasteiger charge is -2.34. The van der Waals surface area contributed by atoms with Crippen molar-refractivity contribution < 1.29 is 0 Å². The zero-order valence-electron chi connectivity index (χ0n) is 70.8. The molecule has 22 aromatic rings. The van der Waals surface area contributed by atoms with E-state index in [2.05, 4.69) is 398 Å². The Balaban J connectivity index is 0.000000109. The topological polar surface area (TPSA) is 77.3 Å². The summed E-state index contributed by atoms with van der Waals surface area (Å²) in [5.74, 6) is 0.745. The normalized spacial score (nSPS) is 13.2. The molecule has 6 heteroatoms. The van der Waals surface area contributed by atoms with Gasteiger partial charge in [-0.05, 0) is 223 Å².